The first-order valence-corrected chi connectivity index (χ1v) is 10.8. The van der Waals surface area contributed by atoms with Gasteiger partial charge in [-0.1, -0.05) is 32.0 Å². The molecule has 0 radical (unpaired) electrons. The minimum atomic E-state index is -3.57. The largest absolute Gasteiger partial charge is 0.495 e. The van der Waals surface area contributed by atoms with Gasteiger partial charge in [0.1, 0.15) is 10.6 Å². The van der Waals surface area contributed by atoms with Crippen molar-refractivity contribution in [2.24, 2.45) is 0 Å². The number of methoxy groups -OCH3 is 1. The molecule has 0 spiro atoms. The maximum absolute atomic E-state index is 13.1. The normalized spacial score (nSPS) is 16.0. The molecule has 1 heterocycles. The number of hydrogen-bond donors (Lipinski definition) is 0. The van der Waals surface area contributed by atoms with Crippen LogP contribution in [0.4, 0.5) is 5.69 Å². The molecule has 1 aliphatic heterocycles. The molecule has 0 saturated carbocycles. The van der Waals surface area contributed by atoms with Gasteiger partial charge in [-0.25, -0.2) is 8.42 Å². The van der Waals surface area contributed by atoms with E-state index in [-0.39, 0.29) is 4.90 Å². The van der Waals surface area contributed by atoms with Crippen molar-refractivity contribution in [2.45, 2.75) is 31.6 Å². The molecule has 1 aliphatic rings. The molecule has 146 valence electrons. The molecule has 5 nitrogen and oxygen atoms in total. The number of nitrogens with zero attached hydrogens (tertiary/aromatic N) is 2. The average molecular weight is 389 g/mol. The van der Waals surface area contributed by atoms with E-state index in [0.29, 0.717) is 37.8 Å². The molecular formula is C21H28N2O3S. The first-order valence-electron chi connectivity index (χ1n) is 9.32. The Morgan fingerprint density at radius 2 is 1.59 bits per heavy atom. The minimum absolute atomic E-state index is 0.250. The van der Waals surface area contributed by atoms with Crippen molar-refractivity contribution in [3.63, 3.8) is 0 Å². The van der Waals surface area contributed by atoms with Crippen LogP contribution in [-0.4, -0.2) is 46.0 Å². The second-order valence-corrected chi connectivity index (χ2v) is 9.20. The number of aryl methyl sites for hydroxylation is 1. The predicted molar refractivity (Wildman–Crippen MR) is 109 cm³/mol. The van der Waals surface area contributed by atoms with Crippen LogP contribution in [0.15, 0.2) is 47.4 Å². The Morgan fingerprint density at radius 1 is 0.963 bits per heavy atom. The fourth-order valence-electron chi connectivity index (χ4n) is 3.38. The van der Waals surface area contributed by atoms with Gasteiger partial charge in [0.2, 0.25) is 10.0 Å². The summed E-state index contributed by atoms with van der Waals surface area (Å²) in [7, 11) is -2.07. The zero-order chi connectivity index (χ0) is 19.6. The summed E-state index contributed by atoms with van der Waals surface area (Å²) >= 11 is 0. The van der Waals surface area contributed by atoms with Crippen molar-refractivity contribution >= 4 is 15.7 Å². The fraction of sp³-hybridized carbons (Fsp3) is 0.429. The second kappa shape index (κ2) is 7.90. The van der Waals surface area contributed by atoms with Crippen molar-refractivity contribution in [3.05, 3.63) is 53.6 Å². The molecule has 0 aliphatic carbocycles. The quantitative estimate of drug-likeness (QED) is 0.785. The number of benzene rings is 2. The summed E-state index contributed by atoms with van der Waals surface area (Å²) in [6.07, 6.45) is 0. The van der Waals surface area contributed by atoms with Gasteiger partial charge >= 0.3 is 0 Å². The Kier molecular flexibility index (Phi) is 5.77. The van der Waals surface area contributed by atoms with Gasteiger partial charge < -0.3 is 9.64 Å². The molecule has 1 fully saturated rings. The van der Waals surface area contributed by atoms with Crippen molar-refractivity contribution in [2.75, 3.05) is 38.2 Å². The summed E-state index contributed by atoms with van der Waals surface area (Å²) in [6.45, 7) is 8.52. The van der Waals surface area contributed by atoms with Crippen LogP contribution in [0.5, 0.6) is 5.75 Å². The molecule has 6 heteroatoms. The Balaban J connectivity index is 1.74. The number of hydrogen-bond acceptors (Lipinski definition) is 4. The van der Waals surface area contributed by atoms with Crippen LogP contribution in [0.2, 0.25) is 0 Å². The highest BCUT2D eigenvalue weighted by Gasteiger charge is 2.31. The van der Waals surface area contributed by atoms with Gasteiger partial charge in [-0.3, -0.25) is 0 Å². The molecule has 0 aromatic heterocycles. The van der Waals surface area contributed by atoms with Crippen LogP contribution >= 0.6 is 0 Å². The molecule has 3 rings (SSSR count). The van der Waals surface area contributed by atoms with E-state index in [1.807, 2.05) is 13.0 Å². The summed E-state index contributed by atoms with van der Waals surface area (Å²) in [5.41, 5.74) is 3.36. The molecule has 0 bridgehead atoms. The van der Waals surface area contributed by atoms with E-state index >= 15 is 0 Å². The summed E-state index contributed by atoms with van der Waals surface area (Å²) in [6, 6.07) is 13.8. The van der Waals surface area contributed by atoms with Crippen molar-refractivity contribution in [1.29, 1.82) is 0 Å². The Hall–Kier alpha value is -2.05. The van der Waals surface area contributed by atoms with E-state index in [0.717, 1.165) is 11.3 Å². The molecule has 1 saturated heterocycles. The first kappa shape index (κ1) is 19.7. The lowest BCUT2D eigenvalue weighted by molar-refractivity contribution is 0.374. The van der Waals surface area contributed by atoms with Gasteiger partial charge in [0, 0.05) is 31.9 Å². The topological polar surface area (TPSA) is 49.9 Å². The van der Waals surface area contributed by atoms with E-state index in [2.05, 4.69) is 43.0 Å². The highest BCUT2D eigenvalue weighted by molar-refractivity contribution is 7.89. The Morgan fingerprint density at radius 3 is 2.15 bits per heavy atom. The lowest BCUT2D eigenvalue weighted by Crippen LogP contribution is -2.48. The maximum atomic E-state index is 13.1. The highest BCUT2D eigenvalue weighted by atomic mass is 32.2. The van der Waals surface area contributed by atoms with Crippen molar-refractivity contribution < 1.29 is 13.2 Å². The maximum Gasteiger partial charge on any atom is 0.246 e. The lowest BCUT2D eigenvalue weighted by atomic mass is 10.0. The van der Waals surface area contributed by atoms with Gasteiger partial charge in [-0.15, -0.1) is 0 Å². The van der Waals surface area contributed by atoms with Gasteiger partial charge in [-0.05, 0) is 48.2 Å². The summed E-state index contributed by atoms with van der Waals surface area (Å²) in [4.78, 5) is 2.49. The molecule has 0 amide bonds. The highest BCUT2D eigenvalue weighted by Crippen LogP contribution is 2.29. The molecule has 0 atom stereocenters. The minimum Gasteiger partial charge on any atom is -0.495 e. The standard InChI is InChI=1S/C21H28N2O3S/c1-16(2)18-6-8-19(9-7-18)22-11-13-23(14-12-22)27(24,25)21-15-17(3)5-10-20(21)26-4/h5-10,15-16H,11-14H2,1-4H3. The van der Waals surface area contributed by atoms with E-state index in [1.54, 1.807) is 16.4 Å². The van der Waals surface area contributed by atoms with Crippen molar-refractivity contribution in [3.8, 4) is 5.75 Å². The zero-order valence-corrected chi connectivity index (χ0v) is 17.3. The van der Waals surface area contributed by atoms with Crippen LogP contribution in [0.25, 0.3) is 0 Å². The molecule has 0 unspecified atom stereocenters. The number of piperazine rings is 1. The van der Waals surface area contributed by atoms with E-state index < -0.39 is 10.0 Å². The SMILES string of the molecule is COc1ccc(C)cc1S(=O)(=O)N1CCN(c2ccc(C(C)C)cc2)CC1. The van der Waals surface area contributed by atoms with Gasteiger partial charge in [-0.2, -0.15) is 4.31 Å². The number of ether oxygens (including phenoxy) is 1. The fourth-order valence-corrected chi connectivity index (χ4v) is 5.04. The molecule has 27 heavy (non-hydrogen) atoms. The average Bonchev–Trinajstić information content (AvgIpc) is 2.68. The number of sulfonamides is 1. The third-order valence-corrected chi connectivity index (χ3v) is 7.02. The van der Waals surface area contributed by atoms with Gasteiger partial charge in [0.25, 0.3) is 0 Å². The lowest BCUT2D eigenvalue weighted by Gasteiger charge is -2.35. The third kappa shape index (κ3) is 4.12. The van der Waals surface area contributed by atoms with E-state index in [1.165, 1.54) is 12.7 Å². The molecule has 0 N–H and O–H groups in total. The third-order valence-electron chi connectivity index (χ3n) is 5.10. The predicted octanol–water partition coefficient (Wildman–Crippen LogP) is 3.64. The zero-order valence-electron chi connectivity index (χ0n) is 16.5. The van der Waals surface area contributed by atoms with Crippen LogP contribution in [0.3, 0.4) is 0 Å². The van der Waals surface area contributed by atoms with Crippen molar-refractivity contribution in [1.82, 2.24) is 4.31 Å². The summed E-state index contributed by atoms with van der Waals surface area (Å²) < 4.78 is 33.1. The monoisotopic (exact) mass is 388 g/mol. The summed E-state index contributed by atoms with van der Waals surface area (Å²) in [5.74, 6) is 0.901. The second-order valence-electron chi connectivity index (χ2n) is 7.29. The van der Waals surface area contributed by atoms with E-state index in [9.17, 15) is 8.42 Å². The van der Waals surface area contributed by atoms with Crippen LogP contribution in [0, 0.1) is 6.92 Å². The van der Waals surface area contributed by atoms with Gasteiger partial charge in [0.15, 0.2) is 0 Å². The Bertz CT molecular complexity index is 884. The molecular weight excluding hydrogens is 360 g/mol. The first-order chi connectivity index (χ1) is 12.8. The molecule has 2 aromatic rings. The number of anilines is 1. The Labute approximate surface area is 162 Å². The van der Waals surface area contributed by atoms with Crippen LogP contribution in [-0.2, 0) is 10.0 Å². The van der Waals surface area contributed by atoms with Gasteiger partial charge in [0.05, 0.1) is 7.11 Å². The van der Waals surface area contributed by atoms with Crippen LogP contribution < -0.4 is 9.64 Å². The summed E-state index contributed by atoms with van der Waals surface area (Å²) in [5, 5.41) is 0. The number of rotatable bonds is 5. The van der Waals surface area contributed by atoms with E-state index in [4.69, 9.17) is 4.74 Å². The van der Waals surface area contributed by atoms with Crippen LogP contribution in [0.1, 0.15) is 30.9 Å². The smallest absolute Gasteiger partial charge is 0.246 e. The molecule has 2 aromatic carbocycles.